The highest BCUT2D eigenvalue weighted by atomic mass is 19.1. The lowest BCUT2D eigenvalue weighted by Gasteiger charge is -2.22. The van der Waals surface area contributed by atoms with Crippen LogP contribution in [0.25, 0.3) is 5.65 Å². The number of hydrogen-bond acceptors (Lipinski definition) is 5. The normalized spacial score (nSPS) is 18.2. The Morgan fingerprint density at radius 3 is 3.04 bits per heavy atom. The Morgan fingerprint density at radius 2 is 2.16 bits per heavy atom. The minimum Gasteiger partial charge on any atom is -0.489 e. The molecule has 7 heteroatoms. The van der Waals surface area contributed by atoms with Crippen LogP contribution in [0, 0.1) is 5.82 Å². The van der Waals surface area contributed by atoms with Gasteiger partial charge >= 0.3 is 0 Å². The van der Waals surface area contributed by atoms with Crippen LogP contribution in [0.4, 0.5) is 10.2 Å². The Hall–Kier alpha value is -2.67. The molecule has 1 aliphatic rings. The monoisotopic (exact) mass is 341 g/mol. The van der Waals surface area contributed by atoms with E-state index in [1.807, 2.05) is 37.3 Å². The highest BCUT2D eigenvalue weighted by molar-refractivity contribution is 5.53. The number of anilines is 1. The van der Waals surface area contributed by atoms with Gasteiger partial charge in [0.25, 0.3) is 0 Å². The molecule has 0 radical (unpaired) electrons. The van der Waals surface area contributed by atoms with Gasteiger partial charge in [-0.2, -0.15) is 5.10 Å². The van der Waals surface area contributed by atoms with E-state index in [1.54, 1.807) is 10.6 Å². The van der Waals surface area contributed by atoms with Crippen LogP contribution in [-0.2, 0) is 13.1 Å². The van der Waals surface area contributed by atoms with Gasteiger partial charge in [-0.25, -0.2) is 13.9 Å². The Morgan fingerprint density at radius 1 is 1.28 bits per heavy atom. The highest BCUT2D eigenvalue weighted by Crippen LogP contribution is 2.25. The summed E-state index contributed by atoms with van der Waals surface area (Å²) < 4.78 is 21.5. The molecule has 25 heavy (non-hydrogen) atoms. The maximum absolute atomic E-state index is 13.7. The van der Waals surface area contributed by atoms with Gasteiger partial charge < -0.3 is 15.0 Å². The van der Waals surface area contributed by atoms with Crippen molar-refractivity contribution < 1.29 is 9.13 Å². The Labute approximate surface area is 145 Å². The fraction of sp³-hybridized carbons (Fsp3) is 0.333. The lowest BCUT2D eigenvalue weighted by molar-refractivity contribution is 0.214. The predicted octanol–water partition coefficient (Wildman–Crippen LogP) is 2.38. The zero-order valence-corrected chi connectivity index (χ0v) is 14.2. The minimum absolute atomic E-state index is 0.0441. The SMILES string of the molecule is C[C@H]1CNCc2cnn3ccc(nc23)N(C)Cc2cc(F)ccc2O1. The van der Waals surface area contributed by atoms with Gasteiger partial charge in [-0.3, -0.25) is 0 Å². The van der Waals surface area contributed by atoms with Gasteiger partial charge in [-0.05, 0) is 31.2 Å². The smallest absolute Gasteiger partial charge is 0.161 e. The van der Waals surface area contributed by atoms with Crippen LogP contribution in [0.2, 0.25) is 0 Å². The number of rotatable bonds is 0. The van der Waals surface area contributed by atoms with E-state index in [4.69, 9.17) is 9.72 Å². The number of nitrogens with zero attached hydrogens (tertiary/aromatic N) is 4. The number of nitrogens with one attached hydrogen (secondary N) is 1. The van der Waals surface area contributed by atoms with Crippen molar-refractivity contribution >= 4 is 11.5 Å². The second kappa shape index (κ2) is 6.33. The van der Waals surface area contributed by atoms with Gasteiger partial charge in [0.15, 0.2) is 5.65 Å². The molecule has 0 aliphatic carbocycles. The van der Waals surface area contributed by atoms with Crippen molar-refractivity contribution in [3.63, 3.8) is 0 Å². The Kier molecular flexibility index (Phi) is 4.01. The lowest BCUT2D eigenvalue weighted by Crippen LogP contribution is -2.29. The van der Waals surface area contributed by atoms with Crippen LogP contribution in [0.15, 0.2) is 36.7 Å². The molecule has 130 valence electrons. The molecule has 6 nitrogen and oxygen atoms in total. The number of hydrogen-bond donors (Lipinski definition) is 1. The summed E-state index contributed by atoms with van der Waals surface area (Å²) in [4.78, 5) is 6.71. The highest BCUT2D eigenvalue weighted by Gasteiger charge is 2.15. The van der Waals surface area contributed by atoms with Crippen LogP contribution in [0.5, 0.6) is 5.75 Å². The first-order chi connectivity index (χ1) is 12.1. The average molecular weight is 341 g/mol. The Bertz CT molecular complexity index is 910. The van der Waals surface area contributed by atoms with E-state index in [9.17, 15) is 4.39 Å². The van der Waals surface area contributed by atoms with Gasteiger partial charge in [0.2, 0.25) is 0 Å². The number of ether oxygens (including phenoxy) is 1. The van der Waals surface area contributed by atoms with Crippen molar-refractivity contribution in [1.29, 1.82) is 0 Å². The summed E-state index contributed by atoms with van der Waals surface area (Å²) in [6, 6.07) is 6.55. The molecule has 0 spiro atoms. The first-order valence-corrected chi connectivity index (χ1v) is 8.30. The molecule has 3 aromatic rings. The molecular weight excluding hydrogens is 321 g/mol. The largest absolute Gasteiger partial charge is 0.489 e. The van der Waals surface area contributed by atoms with Gasteiger partial charge in [-0.1, -0.05) is 0 Å². The fourth-order valence-corrected chi connectivity index (χ4v) is 3.04. The minimum atomic E-state index is -0.271. The fourth-order valence-electron chi connectivity index (χ4n) is 3.04. The zero-order chi connectivity index (χ0) is 17.4. The lowest BCUT2D eigenvalue weighted by atomic mass is 10.1. The first-order valence-electron chi connectivity index (χ1n) is 8.30. The van der Waals surface area contributed by atoms with Crippen LogP contribution in [0.1, 0.15) is 18.1 Å². The van der Waals surface area contributed by atoms with E-state index in [0.29, 0.717) is 25.4 Å². The molecule has 0 unspecified atom stereocenters. The third-order valence-electron chi connectivity index (χ3n) is 4.32. The van der Waals surface area contributed by atoms with Crippen molar-refractivity contribution in [3.05, 3.63) is 53.6 Å². The van der Waals surface area contributed by atoms with Crippen molar-refractivity contribution in [2.75, 3.05) is 18.5 Å². The number of aromatic nitrogens is 3. The van der Waals surface area contributed by atoms with Crippen LogP contribution in [-0.4, -0.2) is 34.3 Å². The molecule has 0 fully saturated rings. The predicted molar refractivity (Wildman–Crippen MR) is 93.3 cm³/mol. The summed E-state index contributed by atoms with van der Waals surface area (Å²) in [5.74, 6) is 1.23. The second-order valence-electron chi connectivity index (χ2n) is 6.39. The number of fused-ring (bicyclic) bond motifs is 2. The van der Waals surface area contributed by atoms with Gasteiger partial charge in [-0.15, -0.1) is 0 Å². The maximum Gasteiger partial charge on any atom is 0.161 e. The quantitative estimate of drug-likeness (QED) is 0.680. The van der Waals surface area contributed by atoms with Crippen molar-refractivity contribution in [1.82, 2.24) is 19.9 Å². The molecule has 3 heterocycles. The standard InChI is InChI=1S/C18H20FN5O/c1-12-8-20-9-14-10-21-24-6-5-17(22-18(14)24)23(2)11-13-7-15(19)3-4-16(13)25-12/h3-7,10,12,20H,8-9,11H2,1-2H3/t12-/m0/s1. The third-order valence-corrected chi connectivity index (χ3v) is 4.32. The molecule has 2 bridgehead atoms. The first kappa shape index (κ1) is 15.8. The van der Waals surface area contributed by atoms with E-state index in [-0.39, 0.29) is 11.9 Å². The third kappa shape index (κ3) is 3.15. The van der Waals surface area contributed by atoms with E-state index >= 15 is 0 Å². The molecule has 1 atom stereocenters. The number of halogens is 1. The topological polar surface area (TPSA) is 54.7 Å². The molecule has 0 saturated carbocycles. The molecule has 0 saturated heterocycles. The van der Waals surface area contributed by atoms with Crippen LogP contribution < -0.4 is 15.0 Å². The second-order valence-corrected chi connectivity index (χ2v) is 6.39. The van der Waals surface area contributed by atoms with Crippen LogP contribution in [0.3, 0.4) is 0 Å². The zero-order valence-electron chi connectivity index (χ0n) is 14.2. The van der Waals surface area contributed by atoms with Gasteiger partial charge in [0.1, 0.15) is 23.5 Å². The van der Waals surface area contributed by atoms with E-state index in [0.717, 1.165) is 22.6 Å². The van der Waals surface area contributed by atoms with Crippen LogP contribution >= 0.6 is 0 Å². The molecule has 2 aromatic heterocycles. The van der Waals surface area contributed by atoms with E-state index in [1.165, 1.54) is 12.1 Å². The summed E-state index contributed by atoms with van der Waals surface area (Å²) in [5, 5.41) is 7.72. The van der Waals surface area contributed by atoms with E-state index < -0.39 is 0 Å². The summed E-state index contributed by atoms with van der Waals surface area (Å²) in [5.41, 5.74) is 2.65. The molecule has 1 aliphatic heterocycles. The summed E-state index contributed by atoms with van der Waals surface area (Å²) in [6.45, 7) is 3.83. The van der Waals surface area contributed by atoms with Crippen molar-refractivity contribution in [2.24, 2.45) is 0 Å². The van der Waals surface area contributed by atoms with E-state index in [2.05, 4.69) is 10.4 Å². The molecular formula is C18H20FN5O. The van der Waals surface area contributed by atoms with Gasteiger partial charge in [0.05, 0.1) is 6.20 Å². The summed E-state index contributed by atoms with van der Waals surface area (Å²) >= 11 is 0. The molecule has 1 aromatic carbocycles. The maximum atomic E-state index is 13.7. The molecule has 4 rings (SSSR count). The summed E-state index contributed by atoms with van der Waals surface area (Å²) in [7, 11) is 1.94. The molecule has 1 N–H and O–H groups in total. The van der Waals surface area contributed by atoms with Crippen molar-refractivity contribution in [3.8, 4) is 5.75 Å². The Balaban J connectivity index is 1.78. The molecule has 0 amide bonds. The summed E-state index contributed by atoms with van der Waals surface area (Å²) in [6.07, 6.45) is 3.68. The van der Waals surface area contributed by atoms with Gasteiger partial charge in [0, 0.05) is 44.0 Å². The number of benzene rings is 1. The van der Waals surface area contributed by atoms with Crippen molar-refractivity contribution in [2.45, 2.75) is 26.1 Å². The average Bonchev–Trinajstić information content (AvgIpc) is 2.99.